The molecule has 0 N–H and O–H groups in total. The smallest absolute Gasteiger partial charge is 0.489 e. The molecule has 0 unspecified atom stereocenters. The van der Waals surface area contributed by atoms with Crippen LogP contribution in [0.3, 0.4) is 0 Å². The second-order valence-electron chi connectivity index (χ2n) is 5.37. The van der Waals surface area contributed by atoms with Gasteiger partial charge in [-0.1, -0.05) is 54.6 Å². The number of rotatable bonds is 5. The Morgan fingerprint density at radius 3 is 1.68 bits per heavy atom. The highest BCUT2D eigenvalue weighted by Crippen LogP contribution is 2.27. The summed E-state index contributed by atoms with van der Waals surface area (Å²) in [5, 5.41) is 0. The Balaban J connectivity index is 1.64. The average Bonchev–Trinajstić information content (AvgIpc) is 2.61. The third-order valence-electron chi connectivity index (χ3n) is 3.52. The standard InChI is InChI=1S/C20H15F3O2/c21-20(22,23)25-19-12-8-17(9-13-19)16-6-10-18(11-7-16)24-14-15-4-2-1-3-5-15/h1-13H,14H2. The van der Waals surface area contributed by atoms with Crippen molar-refractivity contribution >= 4 is 0 Å². The lowest BCUT2D eigenvalue weighted by molar-refractivity contribution is -0.274. The van der Waals surface area contributed by atoms with E-state index in [4.69, 9.17) is 4.74 Å². The van der Waals surface area contributed by atoms with Gasteiger partial charge in [0.15, 0.2) is 0 Å². The molecule has 3 aromatic carbocycles. The Morgan fingerprint density at radius 2 is 1.16 bits per heavy atom. The Bertz CT molecular complexity index is 795. The van der Waals surface area contributed by atoms with Crippen LogP contribution >= 0.6 is 0 Å². The van der Waals surface area contributed by atoms with Crippen LogP contribution in [0.15, 0.2) is 78.9 Å². The molecule has 25 heavy (non-hydrogen) atoms. The van der Waals surface area contributed by atoms with E-state index in [9.17, 15) is 13.2 Å². The van der Waals surface area contributed by atoms with Gasteiger partial charge >= 0.3 is 6.36 Å². The van der Waals surface area contributed by atoms with Gasteiger partial charge in [-0.15, -0.1) is 13.2 Å². The summed E-state index contributed by atoms with van der Waals surface area (Å²) in [4.78, 5) is 0. The first kappa shape index (κ1) is 16.9. The summed E-state index contributed by atoms with van der Waals surface area (Å²) in [6.07, 6.45) is -4.68. The van der Waals surface area contributed by atoms with Crippen LogP contribution in [0.4, 0.5) is 13.2 Å². The number of hydrogen-bond acceptors (Lipinski definition) is 2. The lowest BCUT2D eigenvalue weighted by Gasteiger charge is -2.10. The number of ether oxygens (including phenoxy) is 2. The van der Waals surface area contributed by atoms with E-state index in [0.29, 0.717) is 6.61 Å². The van der Waals surface area contributed by atoms with Crippen molar-refractivity contribution in [2.75, 3.05) is 0 Å². The van der Waals surface area contributed by atoms with Crippen LogP contribution < -0.4 is 9.47 Å². The van der Waals surface area contributed by atoms with Gasteiger partial charge in [-0.3, -0.25) is 0 Å². The fourth-order valence-electron chi connectivity index (χ4n) is 2.33. The molecule has 0 heterocycles. The van der Waals surface area contributed by atoms with Gasteiger partial charge in [0.1, 0.15) is 18.1 Å². The molecule has 0 aliphatic heterocycles. The van der Waals surface area contributed by atoms with Crippen LogP contribution in [0.1, 0.15) is 5.56 Å². The molecule has 0 spiro atoms. The summed E-state index contributed by atoms with van der Waals surface area (Å²) in [5.74, 6) is 0.490. The van der Waals surface area contributed by atoms with Gasteiger partial charge in [-0.2, -0.15) is 0 Å². The lowest BCUT2D eigenvalue weighted by Crippen LogP contribution is -2.16. The summed E-state index contributed by atoms with van der Waals surface area (Å²) in [6, 6.07) is 23.0. The molecule has 0 bridgehead atoms. The van der Waals surface area contributed by atoms with E-state index in [2.05, 4.69) is 4.74 Å². The topological polar surface area (TPSA) is 18.5 Å². The number of alkyl halides is 3. The van der Waals surface area contributed by atoms with Gasteiger partial charge in [0.2, 0.25) is 0 Å². The Hall–Kier alpha value is -2.95. The van der Waals surface area contributed by atoms with Gasteiger partial charge in [-0.05, 0) is 41.0 Å². The van der Waals surface area contributed by atoms with E-state index < -0.39 is 6.36 Å². The molecule has 0 saturated heterocycles. The third kappa shape index (κ3) is 5.01. The zero-order valence-electron chi connectivity index (χ0n) is 13.2. The van der Waals surface area contributed by atoms with Crippen LogP contribution in [0, 0.1) is 0 Å². The number of hydrogen-bond donors (Lipinski definition) is 0. The molecule has 0 aromatic heterocycles. The molecule has 0 fully saturated rings. The monoisotopic (exact) mass is 344 g/mol. The average molecular weight is 344 g/mol. The maximum Gasteiger partial charge on any atom is 0.573 e. The zero-order valence-corrected chi connectivity index (χ0v) is 13.2. The highest BCUT2D eigenvalue weighted by atomic mass is 19.4. The molecule has 0 amide bonds. The fraction of sp³-hybridized carbons (Fsp3) is 0.100. The quantitative estimate of drug-likeness (QED) is 0.580. The molecule has 2 nitrogen and oxygen atoms in total. The molecule has 5 heteroatoms. The Morgan fingerprint density at radius 1 is 0.640 bits per heavy atom. The summed E-state index contributed by atoms with van der Waals surface area (Å²) in [7, 11) is 0. The minimum atomic E-state index is -4.68. The van der Waals surface area contributed by atoms with Gasteiger partial charge in [0, 0.05) is 0 Å². The maximum atomic E-state index is 12.2. The molecular weight excluding hydrogens is 329 g/mol. The van der Waals surface area contributed by atoms with Gasteiger partial charge in [0.25, 0.3) is 0 Å². The summed E-state index contributed by atoms with van der Waals surface area (Å²) in [5.41, 5.74) is 2.75. The highest BCUT2D eigenvalue weighted by molar-refractivity contribution is 5.64. The van der Waals surface area contributed by atoms with Crippen molar-refractivity contribution in [2.24, 2.45) is 0 Å². The molecule has 3 aromatic rings. The molecule has 128 valence electrons. The van der Waals surface area contributed by atoms with E-state index in [0.717, 1.165) is 22.4 Å². The summed E-state index contributed by atoms with van der Waals surface area (Å²) < 4.78 is 46.1. The first-order valence-corrected chi connectivity index (χ1v) is 7.62. The second kappa shape index (κ2) is 7.30. The summed E-state index contributed by atoms with van der Waals surface area (Å²) in [6.45, 7) is 0.476. The predicted octanol–water partition coefficient (Wildman–Crippen LogP) is 5.83. The Labute approximate surface area is 143 Å². The van der Waals surface area contributed by atoms with Gasteiger partial charge < -0.3 is 9.47 Å². The zero-order chi connectivity index (χ0) is 17.7. The fourth-order valence-corrected chi connectivity index (χ4v) is 2.33. The van der Waals surface area contributed by atoms with Gasteiger partial charge in [0.05, 0.1) is 0 Å². The van der Waals surface area contributed by atoms with Crippen LogP contribution in [0.5, 0.6) is 11.5 Å². The van der Waals surface area contributed by atoms with Crippen LogP contribution in [-0.4, -0.2) is 6.36 Å². The van der Waals surface area contributed by atoms with Crippen molar-refractivity contribution in [3.05, 3.63) is 84.4 Å². The minimum Gasteiger partial charge on any atom is -0.489 e. The maximum absolute atomic E-state index is 12.2. The van der Waals surface area contributed by atoms with E-state index in [-0.39, 0.29) is 5.75 Å². The molecule has 0 atom stereocenters. The molecule has 0 saturated carbocycles. The van der Waals surface area contributed by atoms with Crippen molar-refractivity contribution in [3.8, 4) is 22.6 Å². The second-order valence-corrected chi connectivity index (χ2v) is 5.37. The van der Waals surface area contributed by atoms with E-state index in [1.54, 1.807) is 12.1 Å². The lowest BCUT2D eigenvalue weighted by atomic mass is 10.1. The normalized spacial score (nSPS) is 11.2. The third-order valence-corrected chi connectivity index (χ3v) is 3.52. The highest BCUT2D eigenvalue weighted by Gasteiger charge is 2.30. The van der Waals surface area contributed by atoms with Crippen molar-refractivity contribution < 1.29 is 22.6 Å². The van der Waals surface area contributed by atoms with Crippen molar-refractivity contribution in [3.63, 3.8) is 0 Å². The van der Waals surface area contributed by atoms with E-state index in [1.807, 2.05) is 54.6 Å². The van der Waals surface area contributed by atoms with Crippen molar-refractivity contribution in [1.29, 1.82) is 0 Å². The number of halogens is 3. The van der Waals surface area contributed by atoms with Crippen LogP contribution in [0.25, 0.3) is 11.1 Å². The molecule has 0 radical (unpaired) electrons. The Kier molecular flexibility index (Phi) is 4.93. The first-order valence-electron chi connectivity index (χ1n) is 7.62. The molecule has 3 rings (SSSR count). The molecule has 0 aliphatic carbocycles. The van der Waals surface area contributed by atoms with E-state index >= 15 is 0 Å². The molecule has 0 aliphatic rings. The predicted molar refractivity (Wildman–Crippen MR) is 89.3 cm³/mol. The minimum absolute atomic E-state index is 0.237. The number of benzene rings is 3. The SMILES string of the molecule is FC(F)(F)Oc1ccc(-c2ccc(OCc3ccccc3)cc2)cc1. The molecular formula is C20H15F3O2. The largest absolute Gasteiger partial charge is 0.573 e. The summed E-state index contributed by atoms with van der Waals surface area (Å²) >= 11 is 0. The van der Waals surface area contributed by atoms with Crippen LogP contribution in [-0.2, 0) is 6.61 Å². The van der Waals surface area contributed by atoms with Crippen molar-refractivity contribution in [2.45, 2.75) is 13.0 Å². The van der Waals surface area contributed by atoms with Gasteiger partial charge in [-0.25, -0.2) is 0 Å². The van der Waals surface area contributed by atoms with Crippen molar-refractivity contribution in [1.82, 2.24) is 0 Å². The van der Waals surface area contributed by atoms with E-state index in [1.165, 1.54) is 12.1 Å². The van der Waals surface area contributed by atoms with Crippen LogP contribution in [0.2, 0.25) is 0 Å². The first-order chi connectivity index (χ1) is 12.0.